The van der Waals surface area contributed by atoms with Gasteiger partial charge in [0.05, 0.1) is 11.6 Å². The van der Waals surface area contributed by atoms with E-state index in [0.717, 1.165) is 0 Å². The third-order valence-corrected chi connectivity index (χ3v) is 3.34. The fourth-order valence-electron chi connectivity index (χ4n) is 2.32. The second kappa shape index (κ2) is 6.17. The van der Waals surface area contributed by atoms with Crippen LogP contribution in [0.5, 0.6) is 0 Å². The van der Waals surface area contributed by atoms with Gasteiger partial charge in [0.1, 0.15) is 6.04 Å². The van der Waals surface area contributed by atoms with Crippen molar-refractivity contribution in [3.05, 3.63) is 34.3 Å². The van der Waals surface area contributed by atoms with Crippen LogP contribution in [0.3, 0.4) is 0 Å². The molecule has 0 fully saturated rings. The van der Waals surface area contributed by atoms with E-state index in [1.54, 1.807) is 32.9 Å². The first-order valence-corrected chi connectivity index (χ1v) is 7.21. The number of ether oxygens (including phenoxy) is 1. The normalized spacial score (nSPS) is 12.6. The SMILES string of the molecule is CCC(C(=O)OC(C)C)n1c(=O)oc2cc(C(C)=O)ccc21. The Morgan fingerprint density at radius 3 is 2.55 bits per heavy atom. The average molecular weight is 305 g/mol. The van der Waals surface area contributed by atoms with Crippen molar-refractivity contribution in [3.8, 4) is 0 Å². The number of fused-ring (bicyclic) bond motifs is 1. The lowest BCUT2D eigenvalue weighted by Crippen LogP contribution is -2.29. The molecule has 6 heteroatoms. The molecule has 0 radical (unpaired) electrons. The van der Waals surface area contributed by atoms with Crippen molar-refractivity contribution in [2.75, 3.05) is 0 Å². The fraction of sp³-hybridized carbons (Fsp3) is 0.438. The van der Waals surface area contributed by atoms with Gasteiger partial charge in [0, 0.05) is 5.56 Å². The maximum atomic E-state index is 12.2. The van der Waals surface area contributed by atoms with E-state index in [1.165, 1.54) is 17.6 Å². The Morgan fingerprint density at radius 2 is 2.00 bits per heavy atom. The summed E-state index contributed by atoms with van der Waals surface area (Å²) in [6.45, 7) is 6.73. The molecule has 1 heterocycles. The van der Waals surface area contributed by atoms with Crippen LogP contribution in [0.15, 0.2) is 27.4 Å². The van der Waals surface area contributed by atoms with Gasteiger partial charge < -0.3 is 9.15 Å². The molecule has 118 valence electrons. The fourth-order valence-corrected chi connectivity index (χ4v) is 2.32. The molecule has 0 aliphatic rings. The predicted molar refractivity (Wildman–Crippen MR) is 81.0 cm³/mol. The van der Waals surface area contributed by atoms with Crippen molar-refractivity contribution in [3.63, 3.8) is 0 Å². The Morgan fingerprint density at radius 1 is 1.32 bits per heavy atom. The van der Waals surface area contributed by atoms with Gasteiger partial charge in [-0.05, 0) is 45.4 Å². The molecule has 0 N–H and O–H groups in total. The summed E-state index contributed by atoms with van der Waals surface area (Å²) in [5, 5.41) is 0. The van der Waals surface area contributed by atoms with Gasteiger partial charge >= 0.3 is 11.7 Å². The lowest BCUT2D eigenvalue weighted by molar-refractivity contribution is -0.151. The summed E-state index contributed by atoms with van der Waals surface area (Å²) in [7, 11) is 0. The van der Waals surface area contributed by atoms with Crippen molar-refractivity contribution in [1.82, 2.24) is 4.57 Å². The number of benzene rings is 1. The molecule has 0 aliphatic heterocycles. The molecule has 1 aromatic heterocycles. The van der Waals surface area contributed by atoms with Crippen LogP contribution in [-0.2, 0) is 9.53 Å². The number of aromatic nitrogens is 1. The van der Waals surface area contributed by atoms with Crippen molar-refractivity contribution in [1.29, 1.82) is 0 Å². The Balaban J connectivity index is 2.54. The van der Waals surface area contributed by atoms with Crippen LogP contribution in [0.4, 0.5) is 0 Å². The summed E-state index contributed by atoms with van der Waals surface area (Å²) in [5.74, 6) is -1.23. The third-order valence-electron chi connectivity index (χ3n) is 3.34. The summed E-state index contributed by atoms with van der Waals surface area (Å²) in [6.07, 6.45) is 0.133. The minimum absolute atomic E-state index is 0.122. The zero-order valence-electron chi connectivity index (χ0n) is 13.1. The van der Waals surface area contributed by atoms with Gasteiger partial charge in [0.15, 0.2) is 11.4 Å². The topological polar surface area (TPSA) is 78.5 Å². The third kappa shape index (κ3) is 2.95. The number of rotatable bonds is 5. The number of oxazole rings is 1. The van der Waals surface area contributed by atoms with Crippen LogP contribution in [-0.4, -0.2) is 22.4 Å². The first kappa shape index (κ1) is 16.0. The first-order valence-electron chi connectivity index (χ1n) is 7.21. The van der Waals surface area contributed by atoms with E-state index in [9.17, 15) is 14.4 Å². The molecule has 1 atom stereocenters. The van der Waals surface area contributed by atoms with Gasteiger partial charge in [-0.3, -0.25) is 9.36 Å². The standard InChI is InChI=1S/C16H19NO5/c1-5-12(15(19)21-9(2)3)17-13-7-6-11(10(4)18)8-14(13)22-16(17)20/h6-9,12H,5H2,1-4H3. The highest BCUT2D eigenvalue weighted by atomic mass is 16.5. The summed E-state index contributed by atoms with van der Waals surface area (Å²) < 4.78 is 11.7. The Hall–Kier alpha value is -2.37. The number of Topliss-reactive ketones (excluding diaryl/α,β-unsaturated/α-hetero) is 1. The molecule has 1 aromatic carbocycles. The van der Waals surface area contributed by atoms with E-state index in [2.05, 4.69) is 0 Å². The van der Waals surface area contributed by atoms with Crippen LogP contribution in [0, 0.1) is 0 Å². The number of carbonyl (C=O) groups excluding carboxylic acids is 2. The molecule has 0 bridgehead atoms. The monoisotopic (exact) mass is 305 g/mol. The van der Waals surface area contributed by atoms with Crippen LogP contribution < -0.4 is 5.76 Å². The number of nitrogens with zero attached hydrogens (tertiary/aromatic N) is 1. The molecule has 6 nitrogen and oxygen atoms in total. The van der Waals surface area contributed by atoms with Gasteiger partial charge in [-0.2, -0.15) is 0 Å². The van der Waals surface area contributed by atoms with Crippen molar-refractivity contribution >= 4 is 22.9 Å². The molecule has 0 saturated heterocycles. The van der Waals surface area contributed by atoms with E-state index < -0.39 is 17.8 Å². The van der Waals surface area contributed by atoms with Gasteiger partial charge in [0.25, 0.3) is 0 Å². The first-order chi connectivity index (χ1) is 10.3. The maximum absolute atomic E-state index is 12.2. The summed E-state index contributed by atoms with van der Waals surface area (Å²) in [5.41, 5.74) is 1.21. The Labute approximate surface area is 127 Å². The number of hydrogen-bond donors (Lipinski definition) is 0. The number of ketones is 1. The summed E-state index contributed by atoms with van der Waals surface area (Å²) >= 11 is 0. The zero-order chi connectivity index (χ0) is 16.4. The Bertz CT molecular complexity index is 768. The second-order valence-electron chi connectivity index (χ2n) is 5.39. The molecule has 2 aromatic rings. The van der Waals surface area contributed by atoms with Crippen molar-refractivity contribution < 1.29 is 18.7 Å². The van der Waals surface area contributed by atoms with E-state index in [0.29, 0.717) is 17.5 Å². The van der Waals surface area contributed by atoms with Gasteiger partial charge in [-0.15, -0.1) is 0 Å². The largest absolute Gasteiger partial charge is 0.461 e. The van der Waals surface area contributed by atoms with E-state index in [1.807, 2.05) is 0 Å². The molecular weight excluding hydrogens is 286 g/mol. The molecule has 0 aliphatic carbocycles. The molecule has 22 heavy (non-hydrogen) atoms. The average Bonchev–Trinajstić information content (AvgIpc) is 2.74. The number of carbonyl (C=O) groups is 2. The molecule has 2 rings (SSSR count). The molecular formula is C16H19NO5. The molecule has 0 spiro atoms. The number of hydrogen-bond acceptors (Lipinski definition) is 5. The lowest BCUT2D eigenvalue weighted by Gasteiger charge is -2.17. The zero-order valence-corrected chi connectivity index (χ0v) is 13.1. The van der Waals surface area contributed by atoms with Crippen LogP contribution in [0.25, 0.3) is 11.1 Å². The van der Waals surface area contributed by atoms with Crippen molar-refractivity contribution in [2.24, 2.45) is 0 Å². The van der Waals surface area contributed by atoms with Crippen LogP contribution in [0.1, 0.15) is 50.5 Å². The van der Waals surface area contributed by atoms with Crippen LogP contribution in [0.2, 0.25) is 0 Å². The Kier molecular flexibility index (Phi) is 4.49. The second-order valence-corrected chi connectivity index (χ2v) is 5.39. The highest BCUT2D eigenvalue weighted by molar-refractivity contribution is 5.97. The van der Waals surface area contributed by atoms with E-state index >= 15 is 0 Å². The highest BCUT2D eigenvalue weighted by Gasteiger charge is 2.26. The van der Waals surface area contributed by atoms with Gasteiger partial charge in [0.2, 0.25) is 0 Å². The summed E-state index contributed by atoms with van der Waals surface area (Å²) in [4.78, 5) is 35.7. The van der Waals surface area contributed by atoms with E-state index in [-0.39, 0.29) is 17.5 Å². The van der Waals surface area contributed by atoms with Crippen LogP contribution >= 0.6 is 0 Å². The number of esters is 1. The van der Waals surface area contributed by atoms with Gasteiger partial charge in [-0.25, -0.2) is 9.59 Å². The predicted octanol–water partition coefficient (Wildman–Crippen LogP) is 2.70. The summed E-state index contributed by atoms with van der Waals surface area (Å²) in [6, 6.07) is 3.98. The lowest BCUT2D eigenvalue weighted by atomic mass is 10.1. The minimum atomic E-state index is -0.751. The smallest absolute Gasteiger partial charge is 0.420 e. The highest BCUT2D eigenvalue weighted by Crippen LogP contribution is 2.22. The van der Waals surface area contributed by atoms with Crippen molar-refractivity contribution in [2.45, 2.75) is 46.3 Å². The molecule has 0 amide bonds. The van der Waals surface area contributed by atoms with E-state index in [4.69, 9.17) is 9.15 Å². The van der Waals surface area contributed by atoms with Gasteiger partial charge in [-0.1, -0.05) is 6.92 Å². The maximum Gasteiger partial charge on any atom is 0.420 e. The molecule has 1 unspecified atom stereocenters. The minimum Gasteiger partial charge on any atom is -0.461 e. The molecule has 0 saturated carbocycles. The quantitative estimate of drug-likeness (QED) is 0.627.